The highest BCUT2D eigenvalue weighted by molar-refractivity contribution is 7.99. The van der Waals surface area contributed by atoms with Gasteiger partial charge in [0.2, 0.25) is 0 Å². The van der Waals surface area contributed by atoms with Crippen molar-refractivity contribution in [3.05, 3.63) is 59.2 Å². The van der Waals surface area contributed by atoms with Crippen molar-refractivity contribution in [3.63, 3.8) is 0 Å². The molecule has 2 aromatic carbocycles. The maximum absolute atomic E-state index is 9.23. The van der Waals surface area contributed by atoms with E-state index in [0.29, 0.717) is 18.0 Å². The third kappa shape index (κ3) is 3.41. The van der Waals surface area contributed by atoms with Gasteiger partial charge < -0.3 is 5.73 Å². The monoisotopic (exact) mass is 282 g/mol. The first-order valence-electron chi connectivity index (χ1n) is 6.65. The first-order valence-corrected chi connectivity index (χ1v) is 7.46. The Morgan fingerprint density at radius 2 is 1.85 bits per heavy atom. The number of nitrogens with zero attached hydrogens (tertiary/aromatic N) is 1. The molecule has 0 spiro atoms. The Balaban J connectivity index is 2.23. The summed E-state index contributed by atoms with van der Waals surface area (Å²) in [4.78, 5) is 2.12. The number of benzene rings is 2. The second kappa shape index (κ2) is 6.60. The van der Waals surface area contributed by atoms with Gasteiger partial charge >= 0.3 is 0 Å². The lowest BCUT2D eigenvalue weighted by Gasteiger charge is -2.08. The van der Waals surface area contributed by atoms with Crippen molar-refractivity contribution >= 4 is 11.8 Å². The van der Waals surface area contributed by atoms with Crippen molar-refractivity contribution in [1.29, 1.82) is 5.26 Å². The molecule has 0 atom stereocenters. The minimum atomic E-state index is 0.461. The van der Waals surface area contributed by atoms with Gasteiger partial charge in [-0.15, -0.1) is 0 Å². The van der Waals surface area contributed by atoms with Crippen LogP contribution < -0.4 is 5.73 Å². The van der Waals surface area contributed by atoms with Crippen molar-refractivity contribution in [2.75, 3.05) is 0 Å². The Kier molecular flexibility index (Phi) is 4.84. The van der Waals surface area contributed by atoms with Crippen LogP contribution in [0, 0.1) is 11.3 Å². The van der Waals surface area contributed by atoms with E-state index in [2.05, 4.69) is 44.2 Å². The normalized spacial score (nSPS) is 10.6. The molecule has 2 nitrogen and oxygen atoms in total. The zero-order chi connectivity index (χ0) is 14.5. The molecular weight excluding hydrogens is 264 g/mol. The number of hydrogen-bond donors (Lipinski definition) is 1. The summed E-state index contributed by atoms with van der Waals surface area (Å²) in [5, 5.41) is 9.23. The standard InChI is InChI=1S/C17H18N2S/c1-12(2)14-4-6-16(7-5-14)20-17-8-3-13(10-18)9-15(17)11-19/h3-9,12H,10,18H2,1-2H3. The highest BCUT2D eigenvalue weighted by Crippen LogP contribution is 2.31. The lowest BCUT2D eigenvalue weighted by atomic mass is 10.0. The summed E-state index contributed by atoms with van der Waals surface area (Å²) >= 11 is 1.62. The van der Waals surface area contributed by atoms with Crippen molar-refractivity contribution in [2.24, 2.45) is 5.73 Å². The topological polar surface area (TPSA) is 49.8 Å². The Labute approximate surface area is 124 Å². The van der Waals surface area contributed by atoms with E-state index in [1.54, 1.807) is 11.8 Å². The zero-order valence-corrected chi connectivity index (χ0v) is 12.6. The van der Waals surface area contributed by atoms with Gasteiger partial charge in [-0.3, -0.25) is 0 Å². The summed E-state index contributed by atoms with van der Waals surface area (Å²) in [6.07, 6.45) is 0. The third-order valence-electron chi connectivity index (χ3n) is 3.17. The highest BCUT2D eigenvalue weighted by atomic mass is 32.2. The minimum Gasteiger partial charge on any atom is -0.326 e. The summed E-state index contributed by atoms with van der Waals surface area (Å²) in [6, 6.07) is 16.6. The van der Waals surface area contributed by atoms with Crippen molar-refractivity contribution in [3.8, 4) is 6.07 Å². The van der Waals surface area contributed by atoms with Crippen molar-refractivity contribution in [2.45, 2.75) is 36.1 Å². The van der Waals surface area contributed by atoms with E-state index < -0.39 is 0 Å². The largest absolute Gasteiger partial charge is 0.326 e. The Hall–Kier alpha value is -1.76. The van der Waals surface area contributed by atoms with E-state index in [-0.39, 0.29) is 0 Å². The number of rotatable bonds is 4. The second-order valence-corrected chi connectivity index (χ2v) is 6.09. The van der Waals surface area contributed by atoms with E-state index in [1.165, 1.54) is 5.56 Å². The van der Waals surface area contributed by atoms with Crippen LogP contribution in [0.3, 0.4) is 0 Å². The van der Waals surface area contributed by atoms with Gasteiger partial charge in [-0.1, -0.05) is 43.8 Å². The second-order valence-electron chi connectivity index (χ2n) is 4.97. The van der Waals surface area contributed by atoms with E-state index in [0.717, 1.165) is 15.4 Å². The van der Waals surface area contributed by atoms with E-state index >= 15 is 0 Å². The molecule has 0 radical (unpaired) electrons. The lowest BCUT2D eigenvalue weighted by Crippen LogP contribution is -1.97. The van der Waals surface area contributed by atoms with Crippen LogP contribution in [-0.4, -0.2) is 0 Å². The number of nitrogens with two attached hydrogens (primary N) is 1. The first-order chi connectivity index (χ1) is 9.63. The van der Waals surface area contributed by atoms with Gasteiger partial charge in [0.15, 0.2) is 0 Å². The van der Waals surface area contributed by atoms with Crippen LogP contribution in [0.15, 0.2) is 52.3 Å². The first kappa shape index (κ1) is 14.6. The maximum Gasteiger partial charge on any atom is 0.100 e. The van der Waals surface area contributed by atoms with Crippen LogP contribution in [0.1, 0.15) is 36.5 Å². The molecule has 0 amide bonds. The molecule has 2 rings (SSSR count). The molecule has 0 bridgehead atoms. The smallest absolute Gasteiger partial charge is 0.100 e. The predicted molar refractivity (Wildman–Crippen MR) is 83.7 cm³/mol. The molecule has 0 saturated carbocycles. The molecule has 0 heterocycles. The van der Waals surface area contributed by atoms with Crippen LogP contribution in [-0.2, 0) is 6.54 Å². The molecular formula is C17H18N2S. The molecule has 102 valence electrons. The SMILES string of the molecule is CC(C)c1ccc(Sc2ccc(CN)cc2C#N)cc1. The minimum absolute atomic E-state index is 0.461. The molecule has 20 heavy (non-hydrogen) atoms. The molecule has 0 aliphatic carbocycles. The fourth-order valence-electron chi connectivity index (χ4n) is 1.93. The van der Waals surface area contributed by atoms with Crippen molar-refractivity contribution in [1.82, 2.24) is 0 Å². The average molecular weight is 282 g/mol. The molecule has 0 aromatic heterocycles. The van der Waals surface area contributed by atoms with E-state index in [1.807, 2.05) is 18.2 Å². The Morgan fingerprint density at radius 1 is 1.15 bits per heavy atom. The van der Waals surface area contributed by atoms with Gasteiger partial charge in [0.25, 0.3) is 0 Å². The van der Waals surface area contributed by atoms with Crippen LogP contribution in [0.5, 0.6) is 0 Å². The highest BCUT2D eigenvalue weighted by Gasteiger charge is 2.06. The fraction of sp³-hybridized carbons (Fsp3) is 0.235. The predicted octanol–water partition coefficient (Wildman–Crippen LogP) is 4.29. The summed E-state index contributed by atoms with van der Waals surface area (Å²) in [5.74, 6) is 0.535. The number of nitriles is 1. The zero-order valence-electron chi connectivity index (χ0n) is 11.8. The Bertz CT molecular complexity index is 624. The van der Waals surface area contributed by atoms with E-state index in [4.69, 9.17) is 5.73 Å². The van der Waals surface area contributed by atoms with Crippen molar-refractivity contribution < 1.29 is 0 Å². The molecule has 0 aliphatic rings. The molecule has 2 N–H and O–H groups in total. The van der Waals surface area contributed by atoms with Gasteiger partial charge in [0.1, 0.15) is 6.07 Å². The molecule has 0 fully saturated rings. The quantitative estimate of drug-likeness (QED) is 0.910. The lowest BCUT2D eigenvalue weighted by molar-refractivity contribution is 0.865. The summed E-state index contributed by atoms with van der Waals surface area (Å²) in [7, 11) is 0. The van der Waals surface area contributed by atoms with Crippen LogP contribution in [0.4, 0.5) is 0 Å². The van der Waals surface area contributed by atoms with Gasteiger partial charge in [-0.2, -0.15) is 5.26 Å². The molecule has 2 aromatic rings. The summed E-state index contributed by atoms with van der Waals surface area (Å²) in [5.41, 5.74) is 8.61. The molecule has 0 unspecified atom stereocenters. The molecule has 3 heteroatoms. The maximum atomic E-state index is 9.23. The average Bonchev–Trinajstić information content (AvgIpc) is 2.48. The third-order valence-corrected chi connectivity index (χ3v) is 4.26. The summed E-state index contributed by atoms with van der Waals surface area (Å²) < 4.78 is 0. The molecule has 0 aliphatic heterocycles. The van der Waals surface area contributed by atoms with E-state index in [9.17, 15) is 5.26 Å². The fourth-order valence-corrected chi connectivity index (χ4v) is 2.80. The number of hydrogen-bond acceptors (Lipinski definition) is 3. The summed E-state index contributed by atoms with van der Waals surface area (Å²) in [6.45, 7) is 4.83. The molecule has 0 saturated heterocycles. The van der Waals surface area contributed by atoms with Crippen LogP contribution in [0.2, 0.25) is 0 Å². The van der Waals surface area contributed by atoms with Crippen LogP contribution >= 0.6 is 11.8 Å². The van der Waals surface area contributed by atoms with Crippen LogP contribution in [0.25, 0.3) is 0 Å². The van der Waals surface area contributed by atoms with Gasteiger partial charge in [-0.25, -0.2) is 0 Å². The van der Waals surface area contributed by atoms with Gasteiger partial charge in [-0.05, 0) is 41.3 Å². The Morgan fingerprint density at radius 3 is 2.40 bits per heavy atom. The van der Waals surface area contributed by atoms with Gasteiger partial charge in [0, 0.05) is 16.3 Å². The van der Waals surface area contributed by atoms with Gasteiger partial charge in [0.05, 0.1) is 5.56 Å².